The number of hydrogen-bond acceptors (Lipinski definition) is 2. The summed E-state index contributed by atoms with van der Waals surface area (Å²) in [6.07, 6.45) is 3.07. The highest BCUT2D eigenvalue weighted by atomic mass is 15.1. The maximum atomic E-state index is 9.54. The molecule has 0 aliphatic heterocycles. The molecule has 0 aromatic heterocycles. The predicted molar refractivity (Wildman–Crippen MR) is 66.9 cm³/mol. The minimum absolute atomic E-state index is 0.475. The van der Waals surface area contributed by atoms with E-state index in [4.69, 9.17) is 0 Å². The van der Waals surface area contributed by atoms with Gasteiger partial charge in [-0.3, -0.25) is 4.90 Å². The van der Waals surface area contributed by atoms with Gasteiger partial charge in [0.05, 0.1) is 6.07 Å². The van der Waals surface area contributed by atoms with Crippen molar-refractivity contribution in [1.29, 1.82) is 5.26 Å². The quantitative estimate of drug-likeness (QED) is 0.756. The van der Waals surface area contributed by atoms with Crippen LogP contribution in [-0.4, -0.2) is 19.0 Å². The minimum atomic E-state index is -0.475. The van der Waals surface area contributed by atoms with Gasteiger partial charge in [-0.25, -0.2) is 0 Å². The van der Waals surface area contributed by atoms with E-state index in [0.717, 1.165) is 24.8 Å². The molecule has 0 fully saturated rings. The van der Waals surface area contributed by atoms with Crippen LogP contribution in [0, 0.1) is 11.3 Å². The third-order valence-electron chi connectivity index (χ3n) is 3.09. The highest BCUT2D eigenvalue weighted by Crippen LogP contribution is 2.31. The van der Waals surface area contributed by atoms with Crippen LogP contribution in [0.15, 0.2) is 30.3 Å². The van der Waals surface area contributed by atoms with Crippen molar-refractivity contribution < 1.29 is 0 Å². The van der Waals surface area contributed by atoms with Crippen LogP contribution in [0.3, 0.4) is 0 Å². The van der Waals surface area contributed by atoms with Crippen LogP contribution in [0.2, 0.25) is 0 Å². The van der Waals surface area contributed by atoms with Crippen molar-refractivity contribution in [2.45, 2.75) is 31.7 Å². The molecule has 0 saturated carbocycles. The smallest absolute Gasteiger partial charge is 0.134 e. The van der Waals surface area contributed by atoms with Crippen LogP contribution in [0.25, 0.3) is 0 Å². The fraction of sp³-hybridized carbons (Fsp3) is 0.500. The van der Waals surface area contributed by atoms with E-state index in [9.17, 15) is 5.26 Å². The van der Waals surface area contributed by atoms with Crippen LogP contribution in [0.1, 0.15) is 31.7 Å². The average Bonchev–Trinajstić information content (AvgIpc) is 2.31. The van der Waals surface area contributed by atoms with Crippen molar-refractivity contribution in [2.24, 2.45) is 0 Å². The fourth-order valence-electron chi connectivity index (χ4n) is 1.99. The van der Waals surface area contributed by atoms with Gasteiger partial charge >= 0.3 is 0 Å². The van der Waals surface area contributed by atoms with Gasteiger partial charge in [0.15, 0.2) is 0 Å². The Balaban J connectivity index is 3.09. The average molecular weight is 216 g/mol. The molecule has 1 unspecified atom stereocenters. The maximum Gasteiger partial charge on any atom is 0.134 e. The first-order valence-corrected chi connectivity index (χ1v) is 5.81. The zero-order valence-corrected chi connectivity index (χ0v) is 10.4. The van der Waals surface area contributed by atoms with Gasteiger partial charge in [-0.05, 0) is 26.1 Å². The van der Waals surface area contributed by atoms with Crippen molar-refractivity contribution in [3.05, 3.63) is 35.9 Å². The Morgan fingerprint density at radius 2 is 1.88 bits per heavy atom. The van der Waals surface area contributed by atoms with E-state index in [1.165, 1.54) is 0 Å². The van der Waals surface area contributed by atoms with Gasteiger partial charge in [0.1, 0.15) is 5.54 Å². The van der Waals surface area contributed by atoms with Crippen LogP contribution in [0.5, 0.6) is 0 Å². The molecule has 1 aromatic carbocycles. The fourth-order valence-corrected chi connectivity index (χ4v) is 1.99. The van der Waals surface area contributed by atoms with Gasteiger partial charge in [0, 0.05) is 0 Å². The Morgan fingerprint density at radius 1 is 1.25 bits per heavy atom. The highest BCUT2D eigenvalue weighted by Gasteiger charge is 2.33. The molecule has 1 aromatic rings. The third kappa shape index (κ3) is 2.43. The van der Waals surface area contributed by atoms with Crippen molar-refractivity contribution in [2.75, 3.05) is 14.1 Å². The lowest BCUT2D eigenvalue weighted by molar-refractivity contribution is 0.199. The third-order valence-corrected chi connectivity index (χ3v) is 3.09. The van der Waals surface area contributed by atoms with E-state index in [1.807, 2.05) is 49.3 Å². The topological polar surface area (TPSA) is 27.0 Å². The molecule has 0 saturated heterocycles. The molecule has 0 heterocycles. The molecule has 0 aliphatic rings. The second-order valence-corrected chi connectivity index (χ2v) is 4.34. The molecule has 16 heavy (non-hydrogen) atoms. The largest absolute Gasteiger partial charge is 0.288 e. The van der Waals surface area contributed by atoms with Crippen molar-refractivity contribution in [1.82, 2.24) is 4.90 Å². The van der Waals surface area contributed by atoms with E-state index in [1.54, 1.807) is 0 Å². The van der Waals surface area contributed by atoms with Crippen LogP contribution in [-0.2, 0) is 5.54 Å². The molecule has 1 rings (SSSR count). The Labute approximate surface area is 98.5 Å². The molecule has 0 aliphatic carbocycles. The molecule has 0 radical (unpaired) electrons. The summed E-state index contributed by atoms with van der Waals surface area (Å²) in [6.45, 7) is 2.16. The van der Waals surface area contributed by atoms with Crippen LogP contribution in [0.4, 0.5) is 0 Å². The lowest BCUT2D eigenvalue weighted by Crippen LogP contribution is -2.40. The SMILES string of the molecule is CCCCC(C#N)(c1ccccc1)N(C)C. The standard InChI is InChI=1S/C14H20N2/c1-4-5-11-14(12-15,16(2)3)13-9-7-6-8-10-13/h6-10H,4-5,11H2,1-3H3. The van der Waals surface area contributed by atoms with Crippen LogP contribution >= 0.6 is 0 Å². The number of benzene rings is 1. The van der Waals surface area contributed by atoms with Gasteiger partial charge in [-0.2, -0.15) is 5.26 Å². The lowest BCUT2D eigenvalue weighted by Gasteiger charge is -2.34. The molecule has 0 bridgehead atoms. The van der Waals surface area contributed by atoms with Crippen molar-refractivity contribution in [3.8, 4) is 6.07 Å². The highest BCUT2D eigenvalue weighted by molar-refractivity contribution is 5.31. The minimum Gasteiger partial charge on any atom is -0.288 e. The number of rotatable bonds is 5. The molecule has 1 atom stereocenters. The van der Waals surface area contributed by atoms with Gasteiger partial charge in [-0.1, -0.05) is 50.1 Å². The first-order chi connectivity index (χ1) is 7.67. The normalized spacial score (nSPS) is 14.4. The summed E-state index contributed by atoms with van der Waals surface area (Å²) < 4.78 is 0. The van der Waals surface area contributed by atoms with E-state index >= 15 is 0 Å². The van der Waals surface area contributed by atoms with Gasteiger partial charge in [-0.15, -0.1) is 0 Å². The van der Waals surface area contributed by atoms with Gasteiger partial charge < -0.3 is 0 Å². The van der Waals surface area contributed by atoms with E-state index < -0.39 is 5.54 Å². The molecule has 2 heteroatoms. The Hall–Kier alpha value is -1.33. The number of unbranched alkanes of at least 4 members (excludes halogenated alkanes) is 1. The number of nitrogens with zero attached hydrogens (tertiary/aromatic N) is 2. The molecular formula is C14H20N2. The predicted octanol–water partition coefficient (Wildman–Crippen LogP) is 3.16. The lowest BCUT2D eigenvalue weighted by atomic mass is 9.85. The van der Waals surface area contributed by atoms with Crippen molar-refractivity contribution in [3.63, 3.8) is 0 Å². The number of nitriles is 1. The Bertz CT molecular complexity index is 351. The summed E-state index contributed by atoms with van der Waals surface area (Å²) in [5.41, 5.74) is 0.619. The molecule has 86 valence electrons. The van der Waals surface area contributed by atoms with Gasteiger partial charge in [0.2, 0.25) is 0 Å². The molecule has 0 N–H and O–H groups in total. The molecular weight excluding hydrogens is 196 g/mol. The second kappa shape index (κ2) is 5.67. The summed E-state index contributed by atoms with van der Waals surface area (Å²) >= 11 is 0. The Kier molecular flexibility index (Phi) is 4.52. The monoisotopic (exact) mass is 216 g/mol. The molecule has 2 nitrogen and oxygen atoms in total. The second-order valence-electron chi connectivity index (χ2n) is 4.34. The van der Waals surface area contributed by atoms with Gasteiger partial charge in [0.25, 0.3) is 0 Å². The molecule has 0 amide bonds. The summed E-state index contributed by atoms with van der Waals surface area (Å²) in [6, 6.07) is 12.6. The summed E-state index contributed by atoms with van der Waals surface area (Å²) in [5, 5.41) is 9.54. The summed E-state index contributed by atoms with van der Waals surface area (Å²) in [4.78, 5) is 2.03. The van der Waals surface area contributed by atoms with E-state index in [2.05, 4.69) is 13.0 Å². The summed E-state index contributed by atoms with van der Waals surface area (Å²) in [5.74, 6) is 0. The number of hydrogen-bond donors (Lipinski definition) is 0. The summed E-state index contributed by atoms with van der Waals surface area (Å²) in [7, 11) is 3.96. The first-order valence-electron chi connectivity index (χ1n) is 5.81. The maximum absolute atomic E-state index is 9.54. The molecule has 0 spiro atoms. The van der Waals surface area contributed by atoms with Crippen LogP contribution < -0.4 is 0 Å². The zero-order valence-electron chi connectivity index (χ0n) is 10.4. The van der Waals surface area contributed by atoms with E-state index in [0.29, 0.717) is 0 Å². The first kappa shape index (κ1) is 12.7. The van der Waals surface area contributed by atoms with E-state index in [-0.39, 0.29) is 0 Å². The van der Waals surface area contributed by atoms with Crippen molar-refractivity contribution >= 4 is 0 Å². The Morgan fingerprint density at radius 3 is 2.31 bits per heavy atom. The zero-order chi connectivity index (χ0) is 12.0.